The molecule has 2 amide bonds. The zero-order valence-corrected chi connectivity index (χ0v) is 9.73. The molecular formula is C12H16N2O3. The summed E-state index contributed by atoms with van der Waals surface area (Å²) in [7, 11) is 0. The van der Waals surface area contributed by atoms with E-state index in [0.29, 0.717) is 13.2 Å². The van der Waals surface area contributed by atoms with Crippen LogP contribution in [0.5, 0.6) is 5.75 Å². The van der Waals surface area contributed by atoms with Gasteiger partial charge in [0.1, 0.15) is 18.5 Å². The highest BCUT2D eigenvalue weighted by molar-refractivity contribution is 5.89. The van der Waals surface area contributed by atoms with E-state index in [1.165, 1.54) is 0 Å². The molecule has 1 aliphatic rings. The fraction of sp³-hybridized carbons (Fsp3) is 0.417. The van der Waals surface area contributed by atoms with Gasteiger partial charge in [-0.15, -0.1) is 0 Å². The molecule has 1 heterocycles. The highest BCUT2D eigenvalue weighted by Gasteiger charge is 2.22. The molecule has 1 saturated heterocycles. The molecule has 0 saturated carbocycles. The van der Waals surface area contributed by atoms with Gasteiger partial charge < -0.3 is 20.1 Å². The van der Waals surface area contributed by atoms with Crippen LogP contribution in [0.2, 0.25) is 0 Å². The van der Waals surface area contributed by atoms with Crippen molar-refractivity contribution < 1.29 is 14.3 Å². The predicted octanol–water partition coefficient (Wildman–Crippen LogP) is 1.61. The van der Waals surface area contributed by atoms with Crippen LogP contribution in [0.3, 0.4) is 0 Å². The normalized spacial score (nSPS) is 17.4. The summed E-state index contributed by atoms with van der Waals surface area (Å²) in [5.74, 6) is 0.780. The van der Waals surface area contributed by atoms with Gasteiger partial charge in [0.2, 0.25) is 0 Å². The number of carbonyl (C=O) groups is 1. The summed E-state index contributed by atoms with van der Waals surface area (Å²) in [5.41, 5.74) is 0.742. The number of rotatable bonds is 5. The smallest absolute Gasteiger partial charge is 0.319 e. The molecule has 1 fully saturated rings. The van der Waals surface area contributed by atoms with Gasteiger partial charge in [0, 0.05) is 12.2 Å². The third kappa shape index (κ3) is 3.96. The average Bonchev–Trinajstić information content (AvgIpc) is 3.12. The predicted molar refractivity (Wildman–Crippen MR) is 64.4 cm³/mol. The van der Waals surface area contributed by atoms with Crippen molar-refractivity contribution in [2.24, 2.45) is 0 Å². The van der Waals surface area contributed by atoms with Crippen molar-refractivity contribution in [3.63, 3.8) is 0 Å². The zero-order chi connectivity index (χ0) is 12.1. The molecule has 0 aromatic heterocycles. The van der Waals surface area contributed by atoms with Gasteiger partial charge in [0.05, 0.1) is 6.61 Å². The number of ether oxygens (including phenoxy) is 2. The third-order valence-electron chi connectivity index (χ3n) is 2.29. The second-order valence-corrected chi connectivity index (χ2v) is 3.78. The minimum Gasteiger partial charge on any atom is -0.491 e. The topological polar surface area (TPSA) is 62.9 Å². The fourth-order valence-corrected chi connectivity index (χ4v) is 1.32. The third-order valence-corrected chi connectivity index (χ3v) is 2.29. The quantitative estimate of drug-likeness (QED) is 0.763. The van der Waals surface area contributed by atoms with E-state index < -0.39 is 0 Å². The summed E-state index contributed by atoms with van der Waals surface area (Å²) in [4.78, 5) is 11.3. The molecule has 92 valence electrons. The Morgan fingerprint density at radius 3 is 2.76 bits per heavy atom. The Bertz CT molecular complexity index is 374. The van der Waals surface area contributed by atoms with Crippen molar-refractivity contribution >= 4 is 11.7 Å². The van der Waals surface area contributed by atoms with Crippen LogP contribution < -0.4 is 15.4 Å². The van der Waals surface area contributed by atoms with Gasteiger partial charge in [-0.1, -0.05) is 0 Å². The Kier molecular flexibility index (Phi) is 3.82. The summed E-state index contributed by atoms with van der Waals surface area (Å²) in [5, 5.41) is 5.38. The monoisotopic (exact) mass is 236 g/mol. The molecule has 0 aliphatic carbocycles. The van der Waals surface area contributed by atoms with Crippen LogP contribution in [0.25, 0.3) is 0 Å². The highest BCUT2D eigenvalue weighted by Crippen LogP contribution is 2.17. The number of carbonyl (C=O) groups excluding carboxylic acids is 1. The number of hydrogen-bond donors (Lipinski definition) is 2. The number of epoxide rings is 1. The van der Waals surface area contributed by atoms with Crippen molar-refractivity contribution in [2.75, 3.05) is 25.1 Å². The lowest BCUT2D eigenvalue weighted by Crippen LogP contribution is -2.28. The van der Waals surface area contributed by atoms with Crippen molar-refractivity contribution in [1.29, 1.82) is 0 Å². The molecule has 1 aliphatic heterocycles. The van der Waals surface area contributed by atoms with Crippen LogP contribution in [-0.4, -0.2) is 31.9 Å². The number of amides is 2. The first-order valence-electron chi connectivity index (χ1n) is 5.67. The van der Waals surface area contributed by atoms with Crippen LogP contribution >= 0.6 is 0 Å². The maximum atomic E-state index is 11.3. The Labute approximate surface area is 100 Å². The van der Waals surface area contributed by atoms with Crippen molar-refractivity contribution in [3.8, 4) is 5.75 Å². The Hall–Kier alpha value is -1.75. The van der Waals surface area contributed by atoms with E-state index in [-0.39, 0.29) is 12.1 Å². The van der Waals surface area contributed by atoms with Crippen LogP contribution in [0.1, 0.15) is 6.92 Å². The maximum Gasteiger partial charge on any atom is 0.319 e. The standard InChI is InChI=1S/C12H16N2O3/c1-2-13-12(15)14-9-3-5-10(6-4-9)16-7-11-8-17-11/h3-6,11H,2,7-8H2,1H3,(H2,13,14,15). The lowest BCUT2D eigenvalue weighted by molar-refractivity contribution is 0.252. The fourth-order valence-electron chi connectivity index (χ4n) is 1.32. The van der Waals surface area contributed by atoms with E-state index in [4.69, 9.17) is 9.47 Å². The Morgan fingerprint density at radius 2 is 2.18 bits per heavy atom. The van der Waals surface area contributed by atoms with Gasteiger partial charge in [-0.25, -0.2) is 4.79 Å². The van der Waals surface area contributed by atoms with Gasteiger partial charge in [0.25, 0.3) is 0 Å². The van der Waals surface area contributed by atoms with Crippen LogP contribution in [0, 0.1) is 0 Å². The largest absolute Gasteiger partial charge is 0.491 e. The second kappa shape index (κ2) is 5.54. The minimum atomic E-state index is -0.201. The lowest BCUT2D eigenvalue weighted by atomic mass is 10.3. The average molecular weight is 236 g/mol. The molecule has 0 spiro atoms. The molecule has 5 heteroatoms. The summed E-state index contributed by atoms with van der Waals surface area (Å²) in [6, 6.07) is 7.05. The van der Waals surface area contributed by atoms with E-state index in [2.05, 4.69) is 10.6 Å². The molecule has 1 unspecified atom stereocenters. The van der Waals surface area contributed by atoms with Crippen LogP contribution in [-0.2, 0) is 4.74 Å². The minimum absolute atomic E-state index is 0.201. The molecule has 0 bridgehead atoms. The molecular weight excluding hydrogens is 220 g/mol. The SMILES string of the molecule is CCNC(=O)Nc1ccc(OCC2CO2)cc1. The number of benzene rings is 1. The Morgan fingerprint density at radius 1 is 1.47 bits per heavy atom. The Balaban J connectivity index is 1.81. The maximum absolute atomic E-state index is 11.3. The second-order valence-electron chi connectivity index (χ2n) is 3.78. The lowest BCUT2D eigenvalue weighted by Gasteiger charge is -2.07. The first kappa shape index (κ1) is 11.7. The molecule has 1 aromatic carbocycles. The highest BCUT2D eigenvalue weighted by atomic mass is 16.6. The molecule has 2 rings (SSSR count). The van der Waals surface area contributed by atoms with Crippen LogP contribution in [0.15, 0.2) is 24.3 Å². The zero-order valence-electron chi connectivity index (χ0n) is 9.73. The van der Waals surface area contributed by atoms with E-state index in [1.54, 1.807) is 12.1 Å². The number of anilines is 1. The molecule has 2 N–H and O–H groups in total. The molecule has 1 aromatic rings. The van der Waals surface area contributed by atoms with Gasteiger partial charge in [0.15, 0.2) is 0 Å². The van der Waals surface area contributed by atoms with E-state index >= 15 is 0 Å². The number of nitrogens with one attached hydrogen (secondary N) is 2. The molecule has 17 heavy (non-hydrogen) atoms. The van der Waals surface area contributed by atoms with Crippen molar-refractivity contribution in [1.82, 2.24) is 5.32 Å². The number of hydrogen-bond acceptors (Lipinski definition) is 3. The first-order valence-corrected chi connectivity index (χ1v) is 5.67. The summed E-state index contributed by atoms with van der Waals surface area (Å²) in [6.07, 6.45) is 0.253. The van der Waals surface area contributed by atoms with Gasteiger partial charge in [-0.2, -0.15) is 0 Å². The molecule has 0 radical (unpaired) electrons. The van der Waals surface area contributed by atoms with E-state index in [1.807, 2.05) is 19.1 Å². The molecule has 1 atom stereocenters. The van der Waals surface area contributed by atoms with Crippen molar-refractivity contribution in [3.05, 3.63) is 24.3 Å². The molecule has 5 nitrogen and oxygen atoms in total. The van der Waals surface area contributed by atoms with Crippen LogP contribution in [0.4, 0.5) is 10.5 Å². The summed E-state index contributed by atoms with van der Waals surface area (Å²) in [6.45, 7) is 3.85. The van der Waals surface area contributed by atoms with E-state index in [0.717, 1.165) is 18.0 Å². The first-order chi connectivity index (χ1) is 8.28. The van der Waals surface area contributed by atoms with Gasteiger partial charge in [-0.05, 0) is 31.2 Å². The summed E-state index contributed by atoms with van der Waals surface area (Å²) >= 11 is 0. The van der Waals surface area contributed by atoms with E-state index in [9.17, 15) is 4.79 Å². The van der Waals surface area contributed by atoms with Gasteiger partial charge >= 0.3 is 6.03 Å². The van der Waals surface area contributed by atoms with Gasteiger partial charge in [-0.3, -0.25) is 0 Å². The number of urea groups is 1. The summed E-state index contributed by atoms with van der Waals surface area (Å²) < 4.78 is 10.5. The van der Waals surface area contributed by atoms with Crippen molar-refractivity contribution in [2.45, 2.75) is 13.0 Å².